The van der Waals surface area contributed by atoms with Crippen LogP contribution in [0.1, 0.15) is 56.4 Å². The van der Waals surface area contributed by atoms with Crippen molar-refractivity contribution in [3.05, 3.63) is 34.7 Å². The third kappa shape index (κ3) is 4.65. The molecule has 2 aromatic rings. The second-order valence-corrected chi connectivity index (χ2v) is 7.36. The van der Waals surface area contributed by atoms with Crippen LogP contribution in [-0.2, 0) is 6.42 Å². The standard InChI is InChI=1S/C18H26S/c1-14(2)8-6-4-5-7-9-16-10-11-17-12-15(3)19-18(17)13-16/h10-14H,4-9H2,1-3H3. The molecule has 0 aliphatic heterocycles. The van der Waals surface area contributed by atoms with E-state index in [9.17, 15) is 0 Å². The van der Waals surface area contributed by atoms with Crippen molar-refractivity contribution in [2.24, 2.45) is 5.92 Å². The Morgan fingerprint density at radius 2 is 1.79 bits per heavy atom. The molecule has 1 aromatic heterocycles. The van der Waals surface area contributed by atoms with Crippen molar-refractivity contribution in [3.8, 4) is 0 Å². The summed E-state index contributed by atoms with van der Waals surface area (Å²) in [5.41, 5.74) is 1.51. The maximum absolute atomic E-state index is 2.39. The van der Waals surface area contributed by atoms with Gasteiger partial charge in [0.1, 0.15) is 0 Å². The van der Waals surface area contributed by atoms with Crippen molar-refractivity contribution in [3.63, 3.8) is 0 Å². The molecular formula is C18H26S. The highest BCUT2D eigenvalue weighted by atomic mass is 32.1. The minimum absolute atomic E-state index is 0.865. The Kier molecular flexibility index (Phi) is 5.45. The van der Waals surface area contributed by atoms with E-state index in [1.165, 1.54) is 59.1 Å². The minimum Gasteiger partial charge on any atom is -0.141 e. The van der Waals surface area contributed by atoms with Gasteiger partial charge < -0.3 is 0 Å². The summed E-state index contributed by atoms with van der Waals surface area (Å²) in [7, 11) is 0. The Bertz CT molecular complexity index is 507. The van der Waals surface area contributed by atoms with E-state index in [1.807, 2.05) is 11.3 Å². The maximum Gasteiger partial charge on any atom is 0.0348 e. The molecular weight excluding hydrogens is 248 g/mol. The lowest BCUT2D eigenvalue weighted by Crippen LogP contribution is -1.89. The molecule has 0 saturated carbocycles. The van der Waals surface area contributed by atoms with Crippen molar-refractivity contribution >= 4 is 21.4 Å². The van der Waals surface area contributed by atoms with Gasteiger partial charge in [-0.1, -0.05) is 51.7 Å². The van der Waals surface area contributed by atoms with E-state index in [0.29, 0.717) is 0 Å². The summed E-state index contributed by atoms with van der Waals surface area (Å²) in [6.07, 6.45) is 8.16. The van der Waals surface area contributed by atoms with Gasteiger partial charge in [0.2, 0.25) is 0 Å². The maximum atomic E-state index is 2.39. The molecule has 0 atom stereocenters. The molecule has 0 bridgehead atoms. The van der Waals surface area contributed by atoms with Crippen LogP contribution in [0.5, 0.6) is 0 Å². The first kappa shape index (κ1) is 14.6. The number of unbranched alkanes of at least 4 members (excludes halogenated alkanes) is 3. The zero-order valence-electron chi connectivity index (χ0n) is 12.5. The highest BCUT2D eigenvalue weighted by Crippen LogP contribution is 2.26. The van der Waals surface area contributed by atoms with Crippen LogP contribution >= 0.6 is 11.3 Å². The normalized spacial score (nSPS) is 11.6. The third-order valence-electron chi connectivity index (χ3n) is 3.70. The molecule has 0 amide bonds. The second kappa shape index (κ2) is 7.09. The van der Waals surface area contributed by atoms with Crippen molar-refractivity contribution < 1.29 is 0 Å². The van der Waals surface area contributed by atoms with Crippen LogP contribution < -0.4 is 0 Å². The average molecular weight is 274 g/mol. The third-order valence-corrected chi connectivity index (χ3v) is 4.72. The van der Waals surface area contributed by atoms with Gasteiger partial charge in [-0.25, -0.2) is 0 Å². The Morgan fingerprint density at radius 1 is 1.00 bits per heavy atom. The molecule has 104 valence electrons. The van der Waals surface area contributed by atoms with E-state index in [2.05, 4.69) is 45.0 Å². The highest BCUT2D eigenvalue weighted by molar-refractivity contribution is 7.19. The fraction of sp³-hybridized carbons (Fsp3) is 0.556. The Balaban J connectivity index is 1.75. The zero-order chi connectivity index (χ0) is 13.7. The number of rotatable bonds is 7. The van der Waals surface area contributed by atoms with Crippen LogP contribution in [-0.4, -0.2) is 0 Å². The SMILES string of the molecule is Cc1cc2ccc(CCCCCCC(C)C)cc2s1. The summed E-state index contributed by atoms with van der Waals surface area (Å²) in [5, 5.41) is 1.41. The van der Waals surface area contributed by atoms with Crippen molar-refractivity contribution in [2.75, 3.05) is 0 Å². The van der Waals surface area contributed by atoms with E-state index >= 15 is 0 Å². The highest BCUT2D eigenvalue weighted by Gasteiger charge is 2.01. The van der Waals surface area contributed by atoms with Crippen molar-refractivity contribution in [2.45, 2.75) is 59.3 Å². The Morgan fingerprint density at radius 3 is 2.58 bits per heavy atom. The molecule has 1 heterocycles. The van der Waals surface area contributed by atoms with E-state index in [4.69, 9.17) is 0 Å². The van der Waals surface area contributed by atoms with Crippen LogP contribution in [0.4, 0.5) is 0 Å². The monoisotopic (exact) mass is 274 g/mol. The van der Waals surface area contributed by atoms with Crippen LogP contribution in [0.2, 0.25) is 0 Å². The number of hydrogen-bond acceptors (Lipinski definition) is 1. The lowest BCUT2D eigenvalue weighted by molar-refractivity contribution is 0.520. The largest absolute Gasteiger partial charge is 0.141 e. The molecule has 0 aliphatic rings. The van der Waals surface area contributed by atoms with Gasteiger partial charge in [0.25, 0.3) is 0 Å². The number of thiophene rings is 1. The molecule has 0 aliphatic carbocycles. The van der Waals surface area contributed by atoms with Crippen LogP contribution in [0.3, 0.4) is 0 Å². The summed E-state index contributed by atoms with van der Waals surface area (Å²) in [4.78, 5) is 1.42. The smallest absolute Gasteiger partial charge is 0.0348 e. The Hall–Kier alpha value is -0.820. The number of fused-ring (bicyclic) bond motifs is 1. The van der Waals surface area contributed by atoms with Gasteiger partial charge in [-0.15, -0.1) is 11.3 Å². The molecule has 0 N–H and O–H groups in total. The molecule has 0 spiro atoms. The number of benzene rings is 1. The fourth-order valence-electron chi connectivity index (χ4n) is 2.60. The summed E-state index contributed by atoms with van der Waals surface area (Å²) in [6.45, 7) is 6.83. The van der Waals surface area contributed by atoms with Gasteiger partial charge in [0, 0.05) is 9.58 Å². The molecule has 0 saturated heterocycles. The van der Waals surface area contributed by atoms with Crippen LogP contribution in [0, 0.1) is 12.8 Å². The lowest BCUT2D eigenvalue weighted by Gasteiger charge is -2.04. The van der Waals surface area contributed by atoms with Gasteiger partial charge >= 0.3 is 0 Å². The predicted molar refractivity (Wildman–Crippen MR) is 88.2 cm³/mol. The second-order valence-electron chi connectivity index (χ2n) is 6.08. The van der Waals surface area contributed by atoms with Gasteiger partial charge in [-0.3, -0.25) is 0 Å². The van der Waals surface area contributed by atoms with E-state index in [1.54, 1.807) is 0 Å². The van der Waals surface area contributed by atoms with Gasteiger partial charge in [0.15, 0.2) is 0 Å². The molecule has 0 radical (unpaired) electrons. The first-order chi connectivity index (χ1) is 9.15. The molecule has 2 rings (SSSR count). The average Bonchev–Trinajstić information content (AvgIpc) is 2.72. The van der Waals surface area contributed by atoms with Gasteiger partial charge in [-0.05, 0) is 48.8 Å². The first-order valence-corrected chi connectivity index (χ1v) is 8.46. The lowest BCUT2D eigenvalue weighted by atomic mass is 10.0. The van der Waals surface area contributed by atoms with Crippen molar-refractivity contribution in [1.29, 1.82) is 0 Å². The fourth-order valence-corrected chi connectivity index (χ4v) is 3.59. The summed E-state index contributed by atoms with van der Waals surface area (Å²) in [6, 6.07) is 9.27. The predicted octanol–water partition coefficient (Wildman–Crippen LogP) is 6.36. The van der Waals surface area contributed by atoms with Crippen molar-refractivity contribution in [1.82, 2.24) is 0 Å². The molecule has 0 nitrogen and oxygen atoms in total. The molecule has 0 unspecified atom stereocenters. The quantitative estimate of drug-likeness (QED) is 0.515. The molecule has 1 heteroatoms. The van der Waals surface area contributed by atoms with E-state index in [-0.39, 0.29) is 0 Å². The number of hydrogen-bond donors (Lipinski definition) is 0. The summed E-state index contributed by atoms with van der Waals surface area (Å²) < 4.78 is 1.45. The zero-order valence-corrected chi connectivity index (χ0v) is 13.4. The van der Waals surface area contributed by atoms with E-state index in [0.717, 1.165) is 5.92 Å². The molecule has 1 aromatic carbocycles. The van der Waals surface area contributed by atoms with Crippen LogP contribution in [0.15, 0.2) is 24.3 Å². The Labute approximate surface area is 121 Å². The van der Waals surface area contributed by atoms with Gasteiger partial charge in [0.05, 0.1) is 0 Å². The minimum atomic E-state index is 0.865. The number of aryl methyl sites for hydroxylation is 2. The molecule has 19 heavy (non-hydrogen) atoms. The van der Waals surface area contributed by atoms with Gasteiger partial charge in [-0.2, -0.15) is 0 Å². The summed E-state index contributed by atoms with van der Waals surface area (Å²) in [5.74, 6) is 0.865. The van der Waals surface area contributed by atoms with Crippen LogP contribution in [0.25, 0.3) is 10.1 Å². The summed E-state index contributed by atoms with van der Waals surface area (Å²) >= 11 is 1.92. The molecule has 0 fully saturated rings. The van der Waals surface area contributed by atoms with E-state index < -0.39 is 0 Å². The topological polar surface area (TPSA) is 0 Å². The first-order valence-electron chi connectivity index (χ1n) is 7.64.